The number of carbonyl (C=O) groups is 2. The van der Waals surface area contributed by atoms with E-state index in [1.807, 2.05) is 19.9 Å². The zero-order valence-electron chi connectivity index (χ0n) is 15.2. The van der Waals surface area contributed by atoms with Crippen molar-refractivity contribution in [1.82, 2.24) is 0 Å². The number of carbonyl (C=O) groups excluding carboxylic acids is 2. The van der Waals surface area contributed by atoms with Crippen molar-refractivity contribution in [3.05, 3.63) is 68.7 Å². The molecule has 0 bridgehead atoms. The van der Waals surface area contributed by atoms with Crippen LogP contribution in [0.1, 0.15) is 45.7 Å². The molecule has 2 aromatic carbocycles. The number of rotatable bonds is 6. The number of benzene rings is 2. The molecular weight excluding hydrogens is 390 g/mol. The third-order valence-electron chi connectivity index (χ3n) is 4.15. The fourth-order valence-electron chi connectivity index (χ4n) is 2.99. The van der Waals surface area contributed by atoms with Gasteiger partial charge in [0.2, 0.25) is 18.2 Å². The van der Waals surface area contributed by atoms with Gasteiger partial charge in [-0.1, -0.05) is 61.3 Å². The van der Waals surface area contributed by atoms with E-state index in [4.69, 9.17) is 23.2 Å². The van der Waals surface area contributed by atoms with Crippen molar-refractivity contribution in [2.75, 3.05) is 6.16 Å². The van der Waals surface area contributed by atoms with Crippen molar-refractivity contribution in [1.29, 1.82) is 0 Å². The summed E-state index contributed by atoms with van der Waals surface area (Å²) in [6, 6.07) is 9.97. The van der Waals surface area contributed by atoms with E-state index in [1.165, 1.54) is 12.1 Å². The van der Waals surface area contributed by atoms with Gasteiger partial charge in [0.1, 0.15) is 0 Å². The van der Waals surface area contributed by atoms with Gasteiger partial charge in [0.05, 0.1) is 15.6 Å². The molecule has 0 saturated heterocycles. The highest BCUT2D eigenvalue weighted by molar-refractivity contribution is 7.95. The molecular formula is C20H21Cl2O3P. The zero-order chi connectivity index (χ0) is 19.6. The normalized spacial score (nSPS) is 13.5. The third-order valence-corrected chi connectivity index (χ3v) is 7.78. The Balaban J connectivity index is 2.68. The summed E-state index contributed by atoms with van der Waals surface area (Å²) in [7, 11) is -3.96. The van der Waals surface area contributed by atoms with Gasteiger partial charge in [0.25, 0.3) is 0 Å². The van der Waals surface area contributed by atoms with E-state index in [0.29, 0.717) is 16.7 Å². The second kappa shape index (κ2) is 8.08. The largest absolute Gasteiger partial charge is 0.307 e. The van der Waals surface area contributed by atoms with E-state index in [-0.39, 0.29) is 27.7 Å². The van der Waals surface area contributed by atoms with Gasteiger partial charge in [-0.15, -0.1) is 0 Å². The fraction of sp³-hybridized carbons (Fsp3) is 0.300. The van der Waals surface area contributed by atoms with Crippen LogP contribution >= 0.6 is 30.3 Å². The van der Waals surface area contributed by atoms with Crippen molar-refractivity contribution >= 4 is 41.4 Å². The third kappa shape index (κ3) is 3.96. The maximum Gasteiger partial charge on any atom is 0.231 e. The van der Waals surface area contributed by atoms with Crippen molar-refractivity contribution in [3.63, 3.8) is 0 Å². The first-order valence-electron chi connectivity index (χ1n) is 8.28. The summed E-state index contributed by atoms with van der Waals surface area (Å²) in [6.07, 6.45) is -0.0278. The molecule has 6 heteroatoms. The Kier molecular flexibility index (Phi) is 6.50. The second-order valence-corrected chi connectivity index (χ2v) is 10.3. The van der Waals surface area contributed by atoms with E-state index >= 15 is 0 Å². The molecule has 2 aromatic rings. The highest BCUT2D eigenvalue weighted by Gasteiger charge is 2.43. The number of hydrogen-bond donors (Lipinski definition) is 0. The maximum absolute atomic E-state index is 13.8. The van der Waals surface area contributed by atoms with Crippen LogP contribution in [0.3, 0.4) is 0 Å². The Morgan fingerprint density at radius 1 is 0.885 bits per heavy atom. The van der Waals surface area contributed by atoms with Gasteiger partial charge in [-0.2, -0.15) is 0 Å². The number of hydrogen-bond acceptors (Lipinski definition) is 3. The van der Waals surface area contributed by atoms with Crippen LogP contribution in [-0.4, -0.2) is 17.2 Å². The van der Waals surface area contributed by atoms with Crippen LogP contribution in [0.2, 0.25) is 10.0 Å². The Morgan fingerprint density at radius 3 is 1.77 bits per heavy atom. The molecule has 0 aliphatic heterocycles. The average Bonchev–Trinajstić information content (AvgIpc) is 2.53. The lowest BCUT2D eigenvalue weighted by Gasteiger charge is -2.21. The molecule has 0 aliphatic carbocycles. The highest BCUT2D eigenvalue weighted by Crippen LogP contribution is 2.55. The van der Waals surface area contributed by atoms with Crippen LogP contribution in [0.25, 0.3) is 0 Å². The summed E-state index contributed by atoms with van der Waals surface area (Å²) in [4.78, 5) is 26.5. The number of aryl methyl sites for hydroxylation is 2. The Morgan fingerprint density at radius 2 is 1.31 bits per heavy atom. The molecule has 0 N–H and O–H groups in total. The molecule has 3 nitrogen and oxygen atoms in total. The van der Waals surface area contributed by atoms with Crippen LogP contribution in [0.5, 0.6) is 0 Å². The first kappa shape index (κ1) is 20.9. The minimum Gasteiger partial charge on any atom is -0.307 e. The predicted octanol–water partition coefficient (Wildman–Crippen LogP) is 6.61. The van der Waals surface area contributed by atoms with Gasteiger partial charge in [-0.25, -0.2) is 0 Å². The second-order valence-electron chi connectivity index (χ2n) is 6.79. The molecule has 0 spiro atoms. The van der Waals surface area contributed by atoms with E-state index in [1.54, 1.807) is 32.0 Å². The molecule has 138 valence electrons. The van der Waals surface area contributed by atoms with Gasteiger partial charge in [-0.05, 0) is 43.0 Å². The molecule has 0 radical (unpaired) electrons. The fourth-order valence-corrected chi connectivity index (χ4v) is 6.55. The molecule has 1 atom stereocenters. The van der Waals surface area contributed by atoms with Crippen molar-refractivity contribution < 1.29 is 14.2 Å². The molecule has 0 aromatic heterocycles. The molecule has 0 fully saturated rings. The summed E-state index contributed by atoms with van der Waals surface area (Å²) < 4.78 is 13.8. The lowest BCUT2D eigenvalue weighted by Crippen LogP contribution is -2.18. The monoisotopic (exact) mass is 410 g/mol. The van der Waals surface area contributed by atoms with Gasteiger partial charge in [0.15, 0.2) is 0 Å². The minimum atomic E-state index is -3.96. The van der Waals surface area contributed by atoms with E-state index < -0.39 is 18.2 Å². The van der Waals surface area contributed by atoms with E-state index in [9.17, 15) is 14.2 Å². The highest BCUT2D eigenvalue weighted by atomic mass is 35.5. The van der Waals surface area contributed by atoms with Crippen LogP contribution < -0.4 is 0 Å². The van der Waals surface area contributed by atoms with Crippen LogP contribution in [0.15, 0.2) is 36.4 Å². The lowest BCUT2D eigenvalue weighted by molar-refractivity contribution is 0.103. The lowest BCUT2D eigenvalue weighted by atomic mass is 10.0. The van der Waals surface area contributed by atoms with Gasteiger partial charge >= 0.3 is 0 Å². The summed E-state index contributed by atoms with van der Waals surface area (Å²) in [5.74, 6) is -0.112. The average molecular weight is 411 g/mol. The molecule has 0 aliphatic rings. The topological polar surface area (TPSA) is 51.2 Å². The van der Waals surface area contributed by atoms with Gasteiger partial charge < -0.3 is 4.57 Å². The van der Waals surface area contributed by atoms with Crippen molar-refractivity contribution in [2.24, 2.45) is 5.92 Å². The Bertz CT molecular complexity index is 811. The minimum absolute atomic E-state index is 0.0278. The van der Waals surface area contributed by atoms with E-state index in [0.717, 1.165) is 0 Å². The first-order chi connectivity index (χ1) is 12.1. The Hall–Kier alpha value is -1.41. The molecule has 1 unspecified atom stereocenters. The first-order valence-corrected chi connectivity index (χ1v) is 10.9. The molecule has 26 heavy (non-hydrogen) atoms. The molecule has 2 rings (SSSR count). The maximum atomic E-state index is 13.8. The van der Waals surface area contributed by atoms with E-state index in [2.05, 4.69) is 0 Å². The number of halogens is 2. The predicted molar refractivity (Wildman–Crippen MR) is 108 cm³/mol. The zero-order valence-corrected chi connectivity index (χ0v) is 17.6. The SMILES string of the molecule is Cc1cccc(C)c1C(=O)P(=O)(CC(C)C)C(=O)c1c(Cl)cccc1Cl. The van der Waals surface area contributed by atoms with Crippen molar-refractivity contribution in [2.45, 2.75) is 27.7 Å². The standard InChI is InChI=1S/C20H21Cl2O3P/c1-12(2)11-26(25,19(23)17-13(3)7-5-8-14(17)4)20(24)18-15(21)9-6-10-16(18)22/h5-10,12H,11H2,1-4H3. The van der Waals surface area contributed by atoms with Crippen molar-refractivity contribution in [3.8, 4) is 0 Å². The van der Waals surface area contributed by atoms with Crippen LogP contribution in [-0.2, 0) is 4.57 Å². The summed E-state index contributed by atoms with van der Waals surface area (Å²) >= 11 is 12.3. The molecule has 0 saturated carbocycles. The van der Waals surface area contributed by atoms with Crippen LogP contribution in [0.4, 0.5) is 0 Å². The quantitative estimate of drug-likeness (QED) is 0.503. The summed E-state index contributed by atoms with van der Waals surface area (Å²) in [5, 5.41) is 0.196. The van der Waals surface area contributed by atoms with Gasteiger partial charge in [0, 0.05) is 11.7 Å². The molecule has 0 heterocycles. The summed E-state index contributed by atoms with van der Waals surface area (Å²) in [6.45, 7) is 7.19. The van der Waals surface area contributed by atoms with Crippen LogP contribution in [0, 0.1) is 19.8 Å². The molecule has 0 amide bonds. The smallest absolute Gasteiger partial charge is 0.231 e. The summed E-state index contributed by atoms with van der Waals surface area (Å²) in [5.41, 5.74) is 0.290. The Labute approximate surface area is 164 Å². The van der Waals surface area contributed by atoms with Gasteiger partial charge in [-0.3, -0.25) is 9.59 Å².